The molecule has 0 saturated heterocycles. The van der Waals surface area contributed by atoms with Gasteiger partial charge in [-0.1, -0.05) is 42.5 Å². The van der Waals surface area contributed by atoms with Crippen LogP contribution in [0.4, 0.5) is 0 Å². The highest BCUT2D eigenvalue weighted by Crippen LogP contribution is 2.45. The predicted molar refractivity (Wildman–Crippen MR) is 110 cm³/mol. The monoisotopic (exact) mass is 369 g/mol. The molecule has 28 heavy (non-hydrogen) atoms. The molecule has 0 N–H and O–H groups in total. The summed E-state index contributed by atoms with van der Waals surface area (Å²) in [5.41, 5.74) is 6.06. The molecule has 0 amide bonds. The van der Waals surface area contributed by atoms with Gasteiger partial charge in [-0.2, -0.15) is 0 Å². The smallest absolute Gasteiger partial charge is 0.148 e. The molecule has 5 rings (SSSR count). The highest BCUT2D eigenvalue weighted by molar-refractivity contribution is 6.03. The first-order chi connectivity index (χ1) is 13.8. The molecule has 138 valence electrons. The third-order valence-electron chi connectivity index (χ3n) is 5.16. The van der Waals surface area contributed by atoms with Crippen LogP contribution in [0.3, 0.4) is 0 Å². The van der Waals surface area contributed by atoms with E-state index < -0.39 is 0 Å². The van der Waals surface area contributed by atoms with E-state index in [0.29, 0.717) is 12.4 Å². The molecule has 0 aliphatic carbocycles. The maximum atomic E-state index is 6.07. The van der Waals surface area contributed by atoms with Crippen molar-refractivity contribution in [2.75, 3.05) is 14.2 Å². The van der Waals surface area contributed by atoms with Gasteiger partial charge in [0.1, 0.15) is 29.4 Å². The Balaban J connectivity index is 1.95. The zero-order valence-electron chi connectivity index (χ0n) is 15.7. The van der Waals surface area contributed by atoms with Gasteiger partial charge in [-0.05, 0) is 23.8 Å². The minimum Gasteiger partial charge on any atom is -0.497 e. The Morgan fingerprint density at radius 2 is 1.68 bits per heavy atom. The molecule has 1 aromatic heterocycles. The van der Waals surface area contributed by atoms with Crippen LogP contribution >= 0.6 is 0 Å². The first kappa shape index (κ1) is 16.6. The molecule has 3 aromatic carbocycles. The molecule has 1 aliphatic rings. The van der Waals surface area contributed by atoms with Gasteiger partial charge in [0.25, 0.3) is 0 Å². The van der Waals surface area contributed by atoms with Crippen LogP contribution in [-0.4, -0.2) is 19.2 Å². The van der Waals surface area contributed by atoms with E-state index >= 15 is 0 Å². The minimum absolute atomic E-state index is 0.471. The summed E-state index contributed by atoms with van der Waals surface area (Å²) >= 11 is 0. The largest absolute Gasteiger partial charge is 0.497 e. The molecular formula is C24H19NO3. The molecular weight excluding hydrogens is 350 g/mol. The molecule has 2 heterocycles. The Labute approximate surface area is 163 Å². The number of pyridine rings is 1. The van der Waals surface area contributed by atoms with Crippen LogP contribution in [-0.2, 0) is 6.61 Å². The number of nitrogens with zero attached hydrogens (tertiary/aromatic N) is 1. The second-order valence-corrected chi connectivity index (χ2v) is 6.69. The second kappa shape index (κ2) is 6.57. The maximum Gasteiger partial charge on any atom is 0.148 e. The zero-order valence-corrected chi connectivity index (χ0v) is 15.7. The minimum atomic E-state index is 0.471. The molecule has 0 spiro atoms. The third kappa shape index (κ3) is 2.49. The van der Waals surface area contributed by atoms with E-state index in [9.17, 15) is 0 Å². The van der Waals surface area contributed by atoms with Gasteiger partial charge in [0.15, 0.2) is 0 Å². The lowest BCUT2D eigenvalue weighted by atomic mass is 9.90. The topological polar surface area (TPSA) is 40.6 Å². The van der Waals surface area contributed by atoms with Gasteiger partial charge in [-0.25, -0.2) is 4.98 Å². The van der Waals surface area contributed by atoms with E-state index in [2.05, 4.69) is 18.2 Å². The fraction of sp³-hybridized carbons (Fsp3) is 0.125. The molecule has 4 nitrogen and oxygen atoms in total. The summed E-state index contributed by atoms with van der Waals surface area (Å²) in [5.74, 6) is 2.28. The first-order valence-corrected chi connectivity index (χ1v) is 9.16. The molecule has 0 atom stereocenters. The van der Waals surface area contributed by atoms with Crippen molar-refractivity contribution < 1.29 is 14.2 Å². The average molecular weight is 369 g/mol. The second-order valence-electron chi connectivity index (χ2n) is 6.69. The molecule has 0 unspecified atom stereocenters. The van der Waals surface area contributed by atoms with Crippen LogP contribution < -0.4 is 14.2 Å². The number of methoxy groups -OCH3 is 2. The SMILES string of the molecule is COc1cc(OC)c2nc3c(c(-c4ccccc4)c2c1)COc1ccccc1-3. The molecule has 4 heteroatoms. The predicted octanol–water partition coefficient (Wildman–Crippen LogP) is 5.48. The van der Waals surface area contributed by atoms with Gasteiger partial charge in [-0.15, -0.1) is 0 Å². The summed E-state index contributed by atoms with van der Waals surface area (Å²) in [4.78, 5) is 5.03. The van der Waals surface area contributed by atoms with Crippen molar-refractivity contribution in [2.45, 2.75) is 6.61 Å². The van der Waals surface area contributed by atoms with Gasteiger partial charge >= 0.3 is 0 Å². The van der Waals surface area contributed by atoms with E-state index in [1.54, 1.807) is 14.2 Å². The van der Waals surface area contributed by atoms with Crippen LogP contribution in [0.5, 0.6) is 17.2 Å². The van der Waals surface area contributed by atoms with Gasteiger partial charge < -0.3 is 14.2 Å². The third-order valence-corrected chi connectivity index (χ3v) is 5.16. The average Bonchev–Trinajstić information content (AvgIpc) is 2.77. The fourth-order valence-corrected chi connectivity index (χ4v) is 3.86. The molecule has 0 bridgehead atoms. The van der Waals surface area contributed by atoms with E-state index in [4.69, 9.17) is 19.2 Å². The number of ether oxygens (including phenoxy) is 3. The Morgan fingerprint density at radius 3 is 2.46 bits per heavy atom. The number of hydrogen-bond acceptors (Lipinski definition) is 4. The fourth-order valence-electron chi connectivity index (χ4n) is 3.86. The van der Waals surface area contributed by atoms with E-state index in [1.807, 2.05) is 48.5 Å². The van der Waals surface area contributed by atoms with Crippen molar-refractivity contribution in [2.24, 2.45) is 0 Å². The van der Waals surface area contributed by atoms with Gasteiger partial charge in [0, 0.05) is 28.1 Å². The number of hydrogen-bond donors (Lipinski definition) is 0. The van der Waals surface area contributed by atoms with E-state index in [-0.39, 0.29) is 0 Å². The lowest BCUT2D eigenvalue weighted by molar-refractivity contribution is 0.302. The van der Waals surface area contributed by atoms with Crippen molar-refractivity contribution in [3.8, 4) is 39.6 Å². The Morgan fingerprint density at radius 1 is 0.893 bits per heavy atom. The highest BCUT2D eigenvalue weighted by Gasteiger charge is 2.25. The normalized spacial score (nSPS) is 12.1. The van der Waals surface area contributed by atoms with Crippen molar-refractivity contribution in [3.63, 3.8) is 0 Å². The lowest BCUT2D eigenvalue weighted by Crippen LogP contribution is -2.10. The lowest BCUT2D eigenvalue weighted by Gasteiger charge is -2.24. The summed E-state index contributed by atoms with van der Waals surface area (Å²) in [5, 5.41) is 0.990. The number of fused-ring (bicyclic) bond motifs is 4. The molecule has 0 saturated carbocycles. The van der Waals surface area contributed by atoms with Crippen LogP contribution in [0.15, 0.2) is 66.7 Å². The Hall–Kier alpha value is -3.53. The quantitative estimate of drug-likeness (QED) is 0.480. The molecule has 0 fully saturated rings. The van der Waals surface area contributed by atoms with E-state index in [0.717, 1.165) is 50.3 Å². The summed E-state index contributed by atoms with van der Waals surface area (Å²) in [7, 11) is 3.32. The van der Waals surface area contributed by atoms with Gasteiger partial charge in [-0.3, -0.25) is 0 Å². The van der Waals surface area contributed by atoms with Crippen LogP contribution in [0.1, 0.15) is 5.56 Å². The highest BCUT2D eigenvalue weighted by atomic mass is 16.5. The van der Waals surface area contributed by atoms with Gasteiger partial charge in [0.05, 0.1) is 19.9 Å². The van der Waals surface area contributed by atoms with Crippen molar-refractivity contribution in [3.05, 3.63) is 72.3 Å². The number of rotatable bonds is 3. The molecule has 4 aromatic rings. The van der Waals surface area contributed by atoms with Crippen molar-refractivity contribution in [1.82, 2.24) is 4.98 Å². The van der Waals surface area contributed by atoms with E-state index in [1.165, 1.54) is 0 Å². The standard InChI is InChI=1S/C24H19NO3/c1-26-16-12-18-22(15-8-4-3-5-9-15)19-14-28-20-11-7-6-10-17(20)23(19)25-24(18)21(13-16)27-2/h3-13H,14H2,1-2H3. The van der Waals surface area contributed by atoms with Crippen LogP contribution in [0, 0.1) is 0 Å². The summed E-state index contributed by atoms with van der Waals surface area (Å²) in [6.07, 6.45) is 0. The van der Waals surface area contributed by atoms with Crippen LogP contribution in [0.2, 0.25) is 0 Å². The summed E-state index contributed by atoms with van der Waals surface area (Å²) in [6.45, 7) is 0.471. The Kier molecular flexibility index (Phi) is 3.90. The number of para-hydroxylation sites is 1. The van der Waals surface area contributed by atoms with Crippen molar-refractivity contribution in [1.29, 1.82) is 0 Å². The molecule has 1 aliphatic heterocycles. The summed E-state index contributed by atoms with van der Waals surface area (Å²) < 4.78 is 17.3. The van der Waals surface area contributed by atoms with Crippen LogP contribution in [0.25, 0.3) is 33.3 Å². The number of benzene rings is 3. The zero-order chi connectivity index (χ0) is 19.1. The Bertz CT molecular complexity index is 1190. The number of aromatic nitrogens is 1. The van der Waals surface area contributed by atoms with Crippen molar-refractivity contribution >= 4 is 10.9 Å². The first-order valence-electron chi connectivity index (χ1n) is 9.16. The van der Waals surface area contributed by atoms with Gasteiger partial charge in [0.2, 0.25) is 0 Å². The maximum absolute atomic E-state index is 6.07. The molecule has 0 radical (unpaired) electrons. The summed E-state index contributed by atoms with van der Waals surface area (Å²) in [6, 6.07) is 22.3.